The Morgan fingerprint density at radius 1 is 1.00 bits per heavy atom. The minimum absolute atomic E-state index is 0.152. The van der Waals surface area contributed by atoms with Gasteiger partial charge in [0.05, 0.1) is 20.3 Å². The summed E-state index contributed by atoms with van der Waals surface area (Å²) >= 11 is 6.07. The number of hydrogen-bond donors (Lipinski definition) is 2. The van der Waals surface area contributed by atoms with Gasteiger partial charge in [0.2, 0.25) is 0 Å². The summed E-state index contributed by atoms with van der Waals surface area (Å²) in [6.07, 6.45) is 0. The average molecular weight is 307 g/mol. The Morgan fingerprint density at radius 3 is 2.19 bits per heavy atom. The third-order valence-corrected chi connectivity index (χ3v) is 3.85. The summed E-state index contributed by atoms with van der Waals surface area (Å²) in [6.45, 7) is 1.97. The van der Waals surface area contributed by atoms with Crippen molar-refractivity contribution in [2.45, 2.75) is 13.0 Å². The molecule has 21 heavy (non-hydrogen) atoms. The number of halogens is 1. The molecular weight excluding hydrogens is 288 g/mol. The number of nitrogens with one attached hydrogen (secondary N) is 1. The van der Waals surface area contributed by atoms with Crippen LogP contribution in [0.5, 0.6) is 11.5 Å². The maximum atomic E-state index is 6.07. The molecule has 0 spiro atoms. The fraction of sp³-hybridized carbons (Fsp3) is 0.250. The van der Waals surface area contributed by atoms with Crippen LogP contribution in [0.2, 0.25) is 5.02 Å². The lowest BCUT2D eigenvalue weighted by atomic mass is 9.97. The van der Waals surface area contributed by atoms with Crippen molar-refractivity contribution < 1.29 is 9.47 Å². The first-order valence-electron chi connectivity index (χ1n) is 6.54. The Hall–Kier alpha value is -1.75. The number of benzene rings is 2. The van der Waals surface area contributed by atoms with E-state index in [2.05, 4.69) is 5.43 Å². The molecule has 1 unspecified atom stereocenters. The molecule has 2 rings (SSSR count). The lowest BCUT2D eigenvalue weighted by Gasteiger charge is -2.19. The monoisotopic (exact) mass is 306 g/mol. The zero-order valence-electron chi connectivity index (χ0n) is 12.3. The lowest BCUT2D eigenvalue weighted by molar-refractivity contribution is 0.354. The number of nitrogens with two attached hydrogens (primary N) is 1. The summed E-state index contributed by atoms with van der Waals surface area (Å²) in [4.78, 5) is 0. The first-order valence-corrected chi connectivity index (χ1v) is 6.92. The zero-order chi connectivity index (χ0) is 15.4. The molecule has 0 bridgehead atoms. The standard InChI is InChI=1S/C16H19ClN2O2/c1-10-8-11(4-6-13(10)17)16(19-18)12-5-7-14(20-2)15(9-12)21-3/h4-9,16,19H,18H2,1-3H3. The van der Waals surface area contributed by atoms with Crippen molar-refractivity contribution >= 4 is 11.6 Å². The predicted molar refractivity (Wildman–Crippen MR) is 84.9 cm³/mol. The van der Waals surface area contributed by atoms with Gasteiger partial charge < -0.3 is 9.47 Å². The summed E-state index contributed by atoms with van der Waals surface area (Å²) in [6, 6.07) is 11.4. The van der Waals surface area contributed by atoms with Crippen LogP contribution in [0.15, 0.2) is 36.4 Å². The van der Waals surface area contributed by atoms with Crippen LogP contribution in [0.3, 0.4) is 0 Å². The highest BCUT2D eigenvalue weighted by molar-refractivity contribution is 6.31. The molecule has 0 radical (unpaired) electrons. The quantitative estimate of drug-likeness (QED) is 0.658. The summed E-state index contributed by atoms with van der Waals surface area (Å²) in [5.74, 6) is 7.08. The zero-order valence-corrected chi connectivity index (χ0v) is 13.1. The van der Waals surface area contributed by atoms with Crippen LogP contribution in [0, 0.1) is 6.92 Å². The number of rotatable bonds is 5. The van der Waals surface area contributed by atoms with Crippen LogP contribution in [0.4, 0.5) is 0 Å². The molecule has 3 N–H and O–H groups in total. The number of methoxy groups -OCH3 is 2. The van der Waals surface area contributed by atoms with Gasteiger partial charge in [-0.15, -0.1) is 0 Å². The first-order chi connectivity index (χ1) is 10.1. The number of hydrazine groups is 1. The fourth-order valence-corrected chi connectivity index (χ4v) is 2.38. The third-order valence-electron chi connectivity index (χ3n) is 3.42. The van der Waals surface area contributed by atoms with Crippen molar-refractivity contribution in [1.29, 1.82) is 0 Å². The van der Waals surface area contributed by atoms with Gasteiger partial charge in [-0.05, 0) is 41.8 Å². The van der Waals surface area contributed by atoms with Gasteiger partial charge in [0.1, 0.15) is 0 Å². The molecule has 0 saturated carbocycles. The molecule has 0 aliphatic rings. The van der Waals surface area contributed by atoms with Gasteiger partial charge >= 0.3 is 0 Å². The number of aryl methyl sites for hydroxylation is 1. The van der Waals surface area contributed by atoms with E-state index in [9.17, 15) is 0 Å². The van der Waals surface area contributed by atoms with E-state index >= 15 is 0 Å². The van der Waals surface area contributed by atoms with Gasteiger partial charge in [-0.25, -0.2) is 5.43 Å². The van der Waals surface area contributed by atoms with E-state index in [1.54, 1.807) is 14.2 Å². The molecule has 4 nitrogen and oxygen atoms in total. The van der Waals surface area contributed by atoms with Crippen LogP contribution >= 0.6 is 11.6 Å². The van der Waals surface area contributed by atoms with Gasteiger partial charge in [-0.2, -0.15) is 0 Å². The predicted octanol–water partition coefficient (Wildman–Crippen LogP) is 3.22. The van der Waals surface area contributed by atoms with Crippen molar-refractivity contribution in [3.63, 3.8) is 0 Å². The van der Waals surface area contributed by atoms with E-state index in [-0.39, 0.29) is 6.04 Å². The smallest absolute Gasteiger partial charge is 0.161 e. The van der Waals surface area contributed by atoms with Crippen LogP contribution in [0.1, 0.15) is 22.7 Å². The van der Waals surface area contributed by atoms with Crippen molar-refractivity contribution in [3.05, 3.63) is 58.1 Å². The van der Waals surface area contributed by atoms with E-state index in [1.807, 2.05) is 43.3 Å². The van der Waals surface area contributed by atoms with Crippen LogP contribution in [-0.2, 0) is 0 Å². The Bertz CT molecular complexity index is 632. The van der Waals surface area contributed by atoms with Crippen molar-refractivity contribution in [3.8, 4) is 11.5 Å². The van der Waals surface area contributed by atoms with Crippen molar-refractivity contribution in [1.82, 2.24) is 5.43 Å². The van der Waals surface area contributed by atoms with Crippen LogP contribution < -0.4 is 20.7 Å². The second-order valence-corrected chi connectivity index (χ2v) is 5.13. The fourth-order valence-electron chi connectivity index (χ4n) is 2.26. The van der Waals surface area contributed by atoms with Crippen molar-refractivity contribution in [2.75, 3.05) is 14.2 Å². The molecule has 112 valence electrons. The molecule has 5 heteroatoms. The van der Waals surface area contributed by atoms with Crippen molar-refractivity contribution in [2.24, 2.45) is 5.84 Å². The van der Waals surface area contributed by atoms with E-state index in [0.29, 0.717) is 11.5 Å². The van der Waals surface area contributed by atoms with Gasteiger partial charge in [-0.1, -0.05) is 29.8 Å². The minimum Gasteiger partial charge on any atom is -0.493 e. The maximum absolute atomic E-state index is 6.07. The van der Waals surface area contributed by atoms with Gasteiger partial charge in [0.25, 0.3) is 0 Å². The molecule has 2 aromatic carbocycles. The molecule has 2 aromatic rings. The van der Waals surface area contributed by atoms with Gasteiger partial charge in [0, 0.05) is 5.02 Å². The van der Waals surface area contributed by atoms with E-state index in [0.717, 1.165) is 21.7 Å². The molecule has 0 amide bonds. The number of ether oxygens (including phenoxy) is 2. The lowest BCUT2D eigenvalue weighted by Crippen LogP contribution is -2.28. The summed E-state index contributed by atoms with van der Waals surface area (Å²) in [7, 11) is 3.22. The Kier molecular flexibility index (Phi) is 5.07. The van der Waals surface area contributed by atoms with E-state index in [4.69, 9.17) is 26.9 Å². The maximum Gasteiger partial charge on any atom is 0.161 e. The Labute approximate surface area is 129 Å². The molecule has 0 aliphatic carbocycles. The molecule has 0 saturated heterocycles. The molecule has 0 aliphatic heterocycles. The topological polar surface area (TPSA) is 56.5 Å². The van der Waals surface area contributed by atoms with Gasteiger partial charge in [-0.3, -0.25) is 5.84 Å². The molecule has 0 fully saturated rings. The second-order valence-electron chi connectivity index (χ2n) is 4.72. The molecular formula is C16H19ClN2O2. The van der Waals surface area contributed by atoms with E-state index < -0.39 is 0 Å². The van der Waals surface area contributed by atoms with E-state index in [1.165, 1.54) is 0 Å². The van der Waals surface area contributed by atoms with Crippen LogP contribution in [0.25, 0.3) is 0 Å². The highest BCUT2D eigenvalue weighted by Gasteiger charge is 2.15. The average Bonchev–Trinajstić information content (AvgIpc) is 2.51. The Balaban J connectivity index is 2.43. The van der Waals surface area contributed by atoms with Crippen LogP contribution in [-0.4, -0.2) is 14.2 Å². The minimum atomic E-state index is -0.152. The number of hydrogen-bond acceptors (Lipinski definition) is 4. The SMILES string of the molecule is COc1ccc(C(NN)c2ccc(Cl)c(C)c2)cc1OC. The highest BCUT2D eigenvalue weighted by atomic mass is 35.5. The Morgan fingerprint density at radius 2 is 1.62 bits per heavy atom. The summed E-state index contributed by atoms with van der Waals surface area (Å²) in [5, 5.41) is 0.738. The second kappa shape index (κ2) is 6.80. The summed E-state index contributed by atoms with van der Waals surface area (Å²) in [5.41, 5.74) is 5.86. The molecule has 0 heterocycles. The largest absolute Gasteiger partial charge is 0.493 e. The van der Waals surface area contributed by atoms with Gasteiger partial charge in [0.15, 0.2) is 11.5 Å². The summed E-state index contributed by atoms with van der Waals surface area (Å²) < 4.78 is 10.6. The third kappa shape index (κ3) is 3.29. The first kappa shape index (κ1) is 15.6. The highest BCUT2D eigenvalue weighted by Crippen LogP contribution is 2.32. The normalized spacial score (nSPS) is 12.0. The molecule has 0 aromatic heterocycles. The molecule has 1 atom stereocenters.